The SMILES string of the molecule is CC(c1ccccc1)C(N)Cc1ncnn1C(C)C. The van der Waals surface area contributed by atoms with E-state index in [1.165, 1.54) is 5.56 Å². The first kappa shape index (κ1) is 13.7. The van der Waals surface area contributed by atoms with Crippen molar-refractivity contribution in [2.24, 2.45) is 5.73 Å². The third-order valence-electron chi connectivity index (χ3n) is 3.52. The van der Waals surface area contributed by atoms with Gasteiger partial charge in [0.2, 0.25) is 0 Å². The summed E-state index contributed by atoms with van der Waals surface area (Å²) < 4.78 is 1.94. The molecule has 0 aliphatic rings. The Hall–Kier alpha value is -1.68. The summed E-state index contributed by atoms with van der Waals surface area (Å²) in [6, 6.07) is 10.7. The molecule has 2 atom stereocenters. The van der Waals surface area contributed by atoms with Crippen molar-refractivity contribution in [3.05, 3.63) is 48.0 Å². The molecule has 1 heterocycles. The normalized spacial score (nSPS) is 14.6. The van der Waals surface area contributed by atoms with Crippen LogP contribution in [0.1, 0.15) is 44.1 Å². The number of benzene rings is 1. The van der Waals surface area contributed by atoms with Crippen LogP contribution in [0.4, 0.5) is 0 Å². The molecule has 2 rings (SSSR count). The Balaban J connectivity index is 2.08. The molecule has 0 fully saturated rings. The summed E-state index contributed by atoms with van der Waals surface area (Å²) >= 11 is 0. The van der Waals surface area contributed by atoms with Gasteiger partial charge in [-0.05, 0) is 25.3 Å². The van der Waals surface area contributed by atoms with Crippen molar-refractivity contribution in [2.75, 3.05) is 0 Å². The molecule has 4 nitrogen and oxygen atoms in total. The Morgan fingerprint density at radius 3 is 2.47 bits per heavy atom. The van der Waals surface area contributed by atoms with Crippen molar-refractivity contribution in [1.29, 1.82) is 0 Å². The van der Waals surface area contributed by atoms with Gasteiger partial charge in [0.1, 0.15) is 12.2 Å². The van der Waals surface area contributed by atoms with Gasteiger partial charge in [-0.15, -0.1) is 0 Å². The molecule has 0 bridgehead atoms. The van der Waals surface area contributed by atoms with E-state index < -0.39 is 0 Å². The summed E-state index contributed by atoms with van der Waals surface area (Å²) in [5.41, 5.74) is 7.60. The zero-order valence-electron chi connectivity index (χ0n) is 11.8. The zero-order valence-corrected chi connectivity index (χ0v) is 11.8. The highest BCUT2D eigenvalue weighted by atomic mass is 15.3. The van der Waals surface area contributed by atoms with Crippen molar-refractivity contribution >= 4 is 0 Å². The van der Waals surface area contributed by atoms with Crippen molar-refractivity contribution in [1.82, 2.24) is 14.8 Å². The molecule has 4 heteroatoms. The van der Waals surface area contributed by atoms with Gasteiger partial charge in [0.05, 0.1) is 0 Å². The summed E-state index contributed by atoms with van der Waals surface area (Å²) in [6.45, 7) is 6.37. The lowest BCUT2D eigenvalue weighted by molar-refractivity contribution is 0.473. The number of nitrogens with two attached hydrogens (primary N) is 1. The van der Waals surface area contributed by atoms with Crippen LogP contribution in [0.25, 0.3) is 0 Å². The lowest BCUT2D eigenvalue weighted by atomic mass is 9.92. The van der Waals surface area contributed by atoms with E-state index in [0.717, 1.165) is 12.2 Å². The predicted molar refractivity (Wildman–Crippen MR) is 76.9 cm³/mol. The Bertz CT molecular complexity index is 504. The number of rotatable bonds is 5. The monoisotopic (exact) mass is 258 g/mol. The molecule has 2 aromatic rings. The molecule has 0 saturated heterocycles. The third-order valence-corrected chi connectivity index (χ3v) is 3.52. The molecule has 0 aliphatic carbocycles. The van der Waals surface area contributed by atoms with E-state index in [4.69, 9.17) is 5.73 Å². The van der Waals surface area contributed by atoms with Gasteiger partial charge in [-0.2, -0.15) is 5.10 Å². The highest BCUT2D eigenvalue weighted by Crippen LogP contribution is 2.20. The lowest BCUT2D eigenvalue weighted by Gasteiger charge is -2.20. The van der Waals surface area contributed by atoms with Gasteiger partial charge in [-0.25, -0.2) is 9.67 Å². The Labute approximate surface area is 114 Å². The van der Waals surface area contributed by atoms with Crippen molar-refractivity contribution < 1.29 is 0 Å². The molecule has 102 valence electrons. The van der Waals surface area contributed by atoms with E-state index in [1.54, 1.807) is 6.33 Å². The van der Waals surface area contributed by atoms with Crippen molar-refractivity contribution in [2.45, 2.75) is 45.2 Å². The van der Waals surface area contributed by atoms with Gasteiger partial charge < -0.3 is 5.73 Å². The summed E-state index contributed by atoms with van der Waals surface area (Å²) in [4.78, 5) is 4.33. The fourth-order valence-electron chi connectivity index (χ4n) is 2.24. The van der Waals surface area contributed by atoms with Crippen molar-refractivity contribution in [3.63, 3.8) is 0 Å². The van der Waals surface area contributed by atoms with Gasteiger partial charge in [0.25, 0.3) is 0 Å². The van der Waals surface area contributed by atoms with Crippen LogP contribution in [0, 0.1) is 0 Å². The first-order chi connectivity index (χ1) is 9.09. The van der Waals surface area contributed by atoms with Crippen LogP contribution in [0.15, 0.2) is 36.7 Å². The van der Waals surface area contributed by atoms with Crippen LogP contribution >= 0.6 is 0 Å². The van der Waals surface area contributed by atoms with Gasteiger partial charge in [0, 0.05) is 18.5 Å². The second-order valence-corrected chi connectivity index (χ2v) is 5.28. The predicted octanol–water partition coefficient (Wildman–Crippen LogP) is 2.53. The van der Waals surface area contributed by atoms with Gasteiger partial charge in [-0.1, -0.05) is 37.3 Å². The summed E-state index contributed by atoms with van der Waals surface area (Å²) in [5.74, 6) is 1.27. The van der Waals surface area contributed by atoms with Crippen LogP contribution in [0.5, 0.6) is 0 Å². The molecule has 2 unspecified atom stereocenters. The van der Waals surface area contributed by atoms with Gasteiger partial charge in [0.15, 0.2) is 0 Å². The summed E-state index contributed by atoms with van der Waals surface area (Å²) in [6.07, 6.45) is 2.35. The van der Waals surface area contributed by atoms with E-state index >= 15 is 0 Å². The molecule has 0 spiro atoms. The summed E-state index contributed by atoms with van der Waals surface area (Å²) in [5, 5.41) is 4.25. The molecular weight excluding hydrogens is 236 g/mol. The zero-order chi connectivity index (χ0) is 13.8. The lowest BCUT2D eigenvalue weighted by Crippen LogP contribution is -2.30. The fourth-order valence-corrected chi connectivity index (χ4v) is 2.24. The van der Waals surface area contributed by atoms with E-state index in [-0.39, 0.29) is 6.04 Å². The number of hydrogen-bond donors (Lipinski definition) is 1. The van der Waals surface area contributed by atoms with E-state index in [9.17, 15) is 0 Å². The minimum absolute atomic E-state index is 0.0455. The second-order valence-electron chi connectivity index (χ2n) is 5.28. The van der Waals surface area contributed by atoms with Crippen LogP contribution in [0.3, 0.4) is 0 Å². The average molecular weight is 258 g/mol. The van der Waals surface area contributed by atoms with Crippen LogP contribution in [-0.2, 0) is 6.42 Å². The molecule has 1 aromatic heterocycles. The molecule has 0 aliphatic heterocycles. The second kappa shape index (κ2) is 5.97. The van der Waals surface area contributed by atoms with Crippen LogP contribution < -0.4 is 5.73 Å². The highest BCUT2D eigenvalue weighted by Gasteiger charge is 2.18. The Kier molecular flexibility index (Phi) is 4.32. The van der Waals surface area contributed by atoms with Crippen molar-refractivity contribution in [3.8, 4) is 0 Å². The van der Waals surface area contributed by atoms with E-state index in [0.29, 0.717) is 12.0 Å². The number of hydrogen-bond acceptors (Lipinski definition) is 3. The standard InChI is InChI=1S/C15H22N4/c1-11(2)19-15(17-10-18-19)9-14(16)12(3)13-7-5-4-6-8-13/h4-8,10-12,14H,9,16H2,1-3H3. The maximum Gasteiger partial charge on any atom is 0.138 e. The third kappa shape index (κ3) is 3.20. The van der Waals surface area contributed by atoms with E-state index in [2.05, 4.69) is 55.1 Å². The Morgan fingerprint density at radius 1 is 1.16 bits per heavy atom. The molecule has 1 aromatic carbocycles. The van der Waals surface area contributed by atoms with Crippen LogP contribution in [-0.4, -0.2) is 20.8 Å². The fraction of sp³-hybridized carbons (Fsp3) is 0.467. The topological polar surface area (TPSA) is 56.7 Å². The minimum atomic E-state index is 0.0455. The van der Waals surface area contributed by atoms with Gasteiger partial charge >= 0.3 is 0 Å². The first-order valence-electron chi connectivity index (χ1n) is 6.78. The largest absolute Gasteiger partial charge is 0.327 e. The smallest absolute Gasteiger partial charge is 0.138 e. The summed E-state index contributed by atoms with van der Waals surface area (Å²) in [7, 11) is 0. The quantitative estimate of drug-likeness (QED) is 0.896. The molecule has 0 saturated carbocycles. The maximum atomic E-state index is 6.33. The molecular formula is C15H22N4. The average Bonchev–Trinajstić information content (AvgIpc) is 2.87. The Morgan fingerprint density at radius 2 is 1.84 bits per heavy atom. The first-order valence-corrected chi connectivity index (χ1v) is 6.78. The van der Waals surface area contributed by atoms with E-state index in [1.807, 2.05) is 10.7 Å². The van der Waals surface area contributed by atoms with Crippen LogP contribution in [0.2, 0.25) is 0 Å². The number of aromatic nitrogens is 3. The highest BCUT2D eigenvalue weighted by molar-refractivity contribution is 5.20. The molecule has 19 heavy (non-hydrogen) atoms. The van der Waals surface area contributed by atoms with Gasteiger partial charge in [-0.3, -0.25) is 0 Å². The maximum absolute atomic E-state index is 6.33. The molecule has 2 N–H and O–H groups in total. The minimum Gasteiger partial charge on any atom is -0.327 e. The molecule has 0 radical (unpaired) electrons. The number of nitrogens with zero attached hydrogens (tertiary/aromatic N) is 3. The molecule has 0 amide bonds.